The number of amides is 4. The summed E-state index contributed by atoms with van der Waals surface area (Å²) in [4.78, 5) is 38.0. The van der Waals surface area contributed by atoms with Crippen molar-refractivity contribution in [1.29, 1.82) is 0 Å². The molecule has 0 aliphatic carbocycles. The molecule has 0 radical (unpaired) electrons. The lowest BCUT2D eigenvalue weighted by Crippen LogP contribution is -2.37. The van der Waals surface area contributed by atoms with E-state index in [0.29, 0.717) is 24.5 Å². The highest BCUT2D eigenvalue weighted by Crippen LogP contribution is 2.23. The monoisotopic (exact) mass is 385 g/mol. The van der Waals surface area contributed by atoms with E-state index in [1.807, 2.05) is 24.6 Å². The fraction of sp³-hybridized carbons (Fsp3) is 0.368. The van der Waals surface area contributed by atoms with Crippen molar-refractivity contribution in [3.63, 3.8) is 0 Å². The van der Waals surface area contributed by atoms with E-state index in [-0.39, 0.29) is 12.3 Å². The van der Waals surface area contributed by atoms with E-state index in [9.17, 15) is 14.4 Å². The number of nitrogens with one attached hydrogen (secondary N) is 2. The summed E-state index contributed by atoms with van der Waals surface area (Å²) in [6, 6.07) is 7.09. The minimum atomic E-state index is -0.886. The minimum absolute atomic E-state index is 0.117. The highest BCUT2D eigenvalue weighted by molar-refractivity contribution is 6.22. The second-order valence-electron chi connectivity index (χ2n) is 6.58. The van der Waals surface area contributed by atoms with Gasteiger partial charge in [-0.05, 0) is 44.2 Å². The van der Waals surface area contributed by atoms with Gasteiger partial charge in [-0.2, -0.15) is 5.10 Å². The van der Waals surface area contributed by atoms with E-state index >= 15 is 0 Å². The van der Waals surface area contributed by atoms with Gasteiger partial charge in [0, 0.05) is 12.2 Å². The first-order valence-electron chi connectivity index (χ1n) is 8.95. The van der Waals surface area contributed by atoms with Gasteiger partial charge in [-0.25, -0.2) is 9.69 Å². The highest BCUT2D eigenvalue weighted by atomic mass is 16.5. The topological polar surface area (TPSA) is 106 Å². The Morgan fingerprint density at radius 3 is 2.57 bits per heavy atom. The molecule has 2 N–H and O–H groups in total. The Balaban J connectivity index is 1.54. The number of carbonyl (C=O) groups is 3. The van der Waals surface area contributed by atoms with Gasteiger partial charge >= 0.3 is 6.03 Å². The van der Waals surface area contributed by atoms with Gasteiger partial charge in [0.15, 0.2) is 0 Å². The van der Waals surface area contributed by atoms with Crippen LogP contribution >= 0.6 is 0 Å². The predicted octanol–water partition coefficient (Wildman–Crippen LogP) is 1.14. The van der Waals surface area contributed by atoms with Crippen LogP contribution in [0.2, 0.25) is 0 Å². The van der Waals surface area contributed by atoms with Crippen LogP contribution in [0.25, 0.3) is 0 Å². The Morgan fingerprint density at radius 1 is 1.25 bits per heavy atom. The number of rotatable bonds is 7. The molecule has 2 aromatic rings. The van der Waals surface area contributed by atoms with Gasteiger partial charge in [-0.15, -0.1) is 0 Å². The predicted molar refractivity (Wildman–Crippen MR) is 102 cm³/mol. The molecule has 1 aromatic heterocycles. The molecule has 1 saturated heterocycles. The number of hydrogen-bond donors (Lipinski definition) is 2. The van der Waals surface area contributed by atoms with Gasteiger partial charge in [0.25, 0.3) is 5.91 Å². The Kier molecular flexibility index (Phi) is 5.62. The molecule has 0 spiro atoms. The fourth-order valence-electron chi connectivity index (χ4n) is 3.11. The van der Waals surface area contributed by atoms with Crippen LogP contribution in [-0.4, -0.2) is 47.3 Å². The molecule has 9 heteroatoms. The third kappa shape index (κ3) is 4.13. The van der Waals surface area contributed by atoms with E-state index in [1.165, 1.54) is 7.11 Å². The van der Waals surface area contributed by atoms with Crippen LogP contribution in [0.4, 0.5) is 10.5 Å². The number of aromatic nitrogens is 2. The number of anilines is 1. The second-order valence-corrected chi connectivity index (χ2v) is 6.58. The number of imide groups is 1. The molecule has 1 aromatic carbocycles. The minimum Gasteiger partial charge on any atom is -0.497 e. The molecule has 28 heavy (non-hydrogen) atoms. The lowest BCUT2D eigenvalue weighted by atomic mass is 10.2. The number of urea groups is 1. The van der Waals surface area contributed by atoms with Gasteiger partial charge in [-0.1, -0.05) is 0 Å². The fourth-order valence-corrected chi connectivity index (χ4v) is 3.11. The zero-order valence-electron chi connectivity index (χ0n) is 16.1. The number of aryl methyl sites for hydroxylation is 2. The standard InChI is InChI=1S/C19H23N5O4/c1-12-10-13(2)23(22-12)9-8-20-17(25)11-16-18(26)24(19(27)21-16)14-4-6-15(28-3)7-5-14/h4-7,10,16H,8-9,11H2,1-3H3,(H,20,25)(H,21,27)/t16-/m1/s1. The van der Waals surface area contributed by atoms with Gasteiger partial charge in [-0.3, -0.25) is 14.3 Å². The van der Waals surface area contributed by atoms with Gasteiger partial charge in [0.1, 0.15) is 11.8 Å². The number of benzene rings is 1. The SMILES string of the molecule is COc1ccc(N2C(=O)N[C@H](CC(=O)NCCn3nc(C)cc3C)C2=O)cc1. The van der Waals surface area contributed by atoms with Crippen LogP contribution in [0.3, 0.4) is 0 Å². The summed E-state index contributed by atoms with van der Waals surface area (Å²) in [6.07, 6.45) is -0.117. The maximum absolute atomic E-state index is 12.6. The summed E-state index contributed by atoms with van der Waals surface area (Å²) in [7, 11) is 1.53. The third-order valence-electron chi connectivity index (χ3n) is 4.49. The summed E-state index contributed by atoms with van der Waals surface area (Å²) in [5, 5.41) is 9.65. The Morgan fingerprint density at radius 2 is 1.96 bits per heavy atom. The Bertz CT molecular complexity index is 890. The van der Waals surface area contributed by atoms with Crippen molar-refractivity contribution in [1.82, 2.24) is 20.4 Å². The molecule has 1 aliphatic heterocycles. The first kappa shape index (κ1) is 19.4. The number of ether oxygens (including phenoxy) is 1. The van der Waals surface area contributed by atoms with E-state index in [1.54, 1.807) is 24.3 Å². The zero-order chi connectivity index (χ0) is 20.3. The van der Waals surface area contributed by atoms with Crippen molar-refractivity contribution in [2.75, 3.05) is 18.6 Å². The van der Waals surface area contributed by atoms with E-state index in [4.69, 9.17) is 4.74 Å². The van der Waals surface area contributed by atoms with Crippen molar-refractivity contribution in [2.24, 2.45) is 0 Å². The molecule has 1 aliphatic rings. The van der Waals surface area contributed by atoms with Crippen LogP contribution in [0.1, 0.15) is 17.8 Å². The Labute approximate surface area is 162 Å². The highest BCUT2D eigenvalue weighted by Gasteiger charge is 2.39. The maximum atomic E-state index is 12.6. The summed E-state index contributed by atoms with van der Waals surface area (Å²) >= 11 is 0. The molecule has 0 unspecified atom stereocenters. The molecule has 2 heterocycles. The van der Waals surface area contributed by atoms with E-state index in [0.717, 1.165) is 16.3 Å². The normalized spacial score (nSPS) is 16.2. The number of nitrogens with zero attached hydrogens (tertiary/aromatic N) is 3. The number of hydrogen-bond acceptors (Lipinski definition) is 5. The Hall–Kier alpha value is -3.36. The lowest BCUT2D eigenvalue weighted by molar-refractivity contribution is -0.125. The van der Waals surface area contributed by atoms with Crippen molar-refractivity contribution in [3.05, 3.63) is 41.7 Å². The molecular formula is C19H23N5O4. The average molecular weight is 385 g/mol. The molecule has 0 bridgehead atoms. The molecular weight excluding hydrogens is 362 g/mol. The maximum Gasteiger partial charge on any atom is 0.329 e. The van der Waals surface area contributed by atoms with Crippen molar-refractivity contribution < 1.29 is 19.1 Å². The second kappa shape index (κ2) is 8.12. The zero-order valence-corrected chi connectivity index (χ0v) is 16.1. The molecule has 9 nitrogen and oxygen atoms in total. The molecule has 1 fully saturated rings. The quantitative estimate of drug-likeness (QED) is 0.696. The van der Waals surface area contributed by atoms with Crippen molar-refractivity contribution in [2.45, 2.75) is 32.9 Å². The smallest absolute Gasteiger partial charge is 0.329 e. The summed E-state index contributed by atoms with van der Waals surface area (Å²) < 4.78 is 6.88. The van der Waals surface area contributed by atoms with Crippen molar-refractivity contribution in [3.8, 4) is 5.75 Å². The summed E-state index contributed by atoms with van der Waals surface area (Å²) in [6.45, 7) is 4.78. The lowest BCUT2D eigenvalue weighted by Gasteiger charge is -2.13. The van der Waals surface area contributed by atoms with E-state index in [2.05, 4.69) is 15.7 Å². The van der Waals surface area contributed by atoms with Gasteiger partial charge in [0.05, 0.1) is 31.5 Å². The van der Waals surface area contributed by atoms with Crippen LogP contribution in [0.15, 0.2) is 30.3 Å². The summed E-state index contributed by atoms with van der Waals surface area (Å²) in [5.74, 6) is -0.144. The third-order valence-corrected chi connectivity index (χ3v) is 4.49. The first-order chi connectivity index (χ1) is 13.4. The number of carbonyl (C=O) groups excluding carboxylic acids is 3. The molecule has 4 amide bonds. The van der Waals surface area contributed by atoms with Crippen LogP contribution in [0, 0.1) is 13.8 Å². The van der Waals surface area contributed by atoms with Crippen molar-refractivity contribution >= 4 is 23.5 Å². The van der Waals surface area contributed by atoms with Crippen LogP contribution in [-0.2, 0) is 16.1 Å². The molecule has 0 saturated carbocycles. The van der Waals surface area contributed by atoms with Gasteiger partial charge in [0.2, 0.25) is 5.91 Å². The van der Waals surface area contributed by atoms with Crippen LogP contribution in [0.5, 0.6) is 5.75 Å². The molecule has 3 rings (SSSR count). The largest absolute Gasteiger partial charge is 0.497 e. The summed E-state index contributed by atoms with van der Waals surface area (Å²) in [5.41, 5.74) is 2.36. The van der Waals surface area contributed by atoms with Crippen LogP contribution < -0.4 is 20.3 Å². The number of methoxy groups -OCH3 is 1. The first-order valence-corrected chi connectivity index (χ1v) is 8.95. The van der Waals surface area contributed by atoms with Gasteiger partial charge < -0.3 is 15.4 Å². The molecule has 148 valence electrons. The molecule has 1 atom stereocenters. The van der Waals surface area contributed by atoms with E-state index < -0.39 is 18.0 Å². The average Bonchev–Trinajstić information content (AvgIpc) is 3.12.